The van der Waals surface area contributed by atoms with Gasteiger partial charge in [0.15, 0.2) is 0 Å². The molecule has 0 saturated carbocycles. The first kappa shape index (κ1) is 15.7. The maximum atomic E-state index is 13.3. The van der Waals surface area contributed by atoms with Crippen molar-refractivity contribution in [3.63, 3.8) is 0 Å². The van der Waals surface area contributed by atoms with E-state index in [2.05, 4.69) is 21.2 Å². The van der Waals surface area contributed by atoms with Gasteiger partial charge in [0.05, 0.1) is 10.6 Å². The third-order valence-corrected chi connectivity index (χ3v) is 3.94. The lowest BCUT2D eigenvalue weighted by Crippen LogP contribution is -2.43. The Bertz CT molecular complexity index is 596. The van der Waals surface area contributed by atoms with E-state index in [9.17, 15) is 19.1 Å². The number of amides is 2. The fourth-order valence-corrected chi connectivity index (χ4v) is 2.58. The Hall–Kier alpha value is -1.67. The fourth-order valence-electron chi connectivity index (χ4n) is 2.24. The number of rotatable bonds is 2. The summed E-state index contributed by atoms with van der Waals surface area (Å²) < 4.78 is 13.5. The number of hydrogen-bond acceptors (Lipinski definition) is 3. The minimum atomic E-state index is -1.17. The molecular weight excluding hydrogens is 347 g/mol. The lowest BCUT2D eigenvalue weighted by Gasteiger charge is -2.22. The number of benzene rings is 1. The van der Waals surface area contributed by atoms with E-state index in [1.54, 1.807) is 6.92 Å². The van der Waals surface area contributed by atoms with E-state index >= 15 is 0 Å². The van der Waals surface area contributed by atoms with Gasteiger partial charge in [-0.25, -0.2) is 14.0 Å². The molecule has 0 aliphatic carbocycles. The second-order valence-electron chi connectivity index (χ2n) is 4.91. The molecule has 0 bridgehead atoms. The molecule has 114 valence electrons. The number of aryl methyl sites for hydroxylation is 1. The predicted molar refractivity (Wildman–Crippen MR) is 76.6 cm³/mol. The summed E-state index contributed by atoms with van der Waals surface area (Å²) in [7, 11) is 0. The molecule has 0 radical (unpaired) electrons. The zero-order chi connectivity index (χ0) is 15.7. The molecule has 0 spiro atoms. The first-order chi connectivity index (χ1) is 9.79. The highest BCUT2D eigenvalue weighted by Crippen LogP contribution is 2.26. The van der Waals surface area contributed by atoms with Crippen molar-refractivity contribution >= 4 is 33.6 Å². The highest BCUT2D eigenvalue weighted by Gasteiger charge is 2.39. The Labute approximate surface area is 128 Å². The van der Waals surface area contributed by atoms with Gasteiger partial charge in [-0.05, 0) is 40.5 Å². The number of carboxylic acids is 1. The molecule has 1 aliphatic heterocycles. The first-order valence-electron chi connectivity index (χ1n) is 6.23. The quantitative estimate of drug-likeness (QED) is 0.751. The van der Waals surface area contributed by atoms with Crippen molar-refractivity contribution in [2.75, 3.05) is 11.9 Å². The molecule has 3 N–H and O–H groups in total. The SMILES string of the molecule is Cc1cc(F)c(Br)cc1NC(=O)N1C[C@@H](O)C[C@H]1C(=O)O. The van der Waals surface area contributed by atoms with Crippen LogP contribution in [0.25, 0.3) is 0 Å². The van der Waals surface area contributed by atoms with Crippen LogP contribution >= 0.6 is 15.9 Å². The van der Waals surface area contributed by atoms with Crippen molar-refractivity contribution in [1.29, 1.82) is 0 Å². The Morgan fingerprint density at radius 1 is 1.48 bits per heavy atom. The smallest absolute Gasteiger partial charge is 0.326 e. The minimum absolute atomic E-state index is 0.00511. The lowest BCUT2D eigenvalue weighted by molar-refractivity contribution is -0.141. The summed E-state index contributed by atoms with van der Waals surface area (Å²) in [6, 6.07) is 0.961. The van der Waals surface area contributed by atoms with E-state index in [0.29, 0.717) is 11.3 Å². The highest BCUT2D eigenvalue weighted by molar-refractivity contribution is 9.10. The van der Waals surface area contributed by atoms with Crippen LogP contribution in [0.15, 0.2) is 16.6 Å². The molecule has 0 aromatic heterocycles. The molecular formula is C13H14BrFN2O4. The Morgan fingerprint density at radius 2 is 2.14 bits per heavy atom. The Kier molecular flexibility index (Phi) is 4.48. The second-order valence-corrected chi connectivity index (χ2v) is 5.76. The number of urea groups is 1. The van der Waals surface area contributed by atoms with Gasteiger partial charge in [-0.15, -0.1) is 0 Å². The van der Waals surface area contributed by atoms with Crippen LogP contribution in [0.2, 0.25) is 0 Å². The molecule has 1 aromatic carbocycles. The lowest BCUT2D eigenvalue weighted by atomic mass is 10.2. The molecule has 1 heterocycles. The molecule has 1 fully saturated rings. The standard InChI is InChI=1S/C13H14BrFN2O4/c1-6-2-9(15)8(14)4-10(6)16-13(21)17-5-7(18)3-11(17)12(19)20/h2,4,7,11,18H,3,5H2,1H3,(H,16,21)(H,19,20)/t7-,11-/m0/s1. The van der Waals surface area contributed by atoms with E-state index in [0.717, 1.165) is 4.90 Å². The molecule has 2 rings (SSSR count). The van der Waals surface area contributed by atoms with Crippen molar-refractivity contribution in [2.45, 2.75) is 25.5 Å². The van der Waals surface area contributed by atoms with Gasteiger partial charge >= 0.3 is 12.0 Å². The van der Waals surface area contributed by atoms with Gasteiger partial charge in [-0.3, -0.25) is 0 Å². The number of carboxylic acid groups (broad SMARTS) is 1. The first-order valence-corrected chi connectivity index (χ1v) is 7.03. The summed E-state index contributed by atoms with van der Waals surface area (Å²) in [6.45, 7) is 1.57. The van der Waals surface area contributed by atoms with E-state index in [1.807, 2.05) is 0 Å². The second kappa shape index (κ2) is 5.98. The molecule has 8 heteroatoms. The van der Waals surface area contributed by atoms with Crippen molar-refractivity contribution in [1.82, 2.24) is 4.90 Å². The zero-order valence-corrected chi connectivity index (χ0v) is 12.7. The van der Waals surface area contributed by atoms with E-state index in [1.165, 1.54) is 12.1 Å². The fraction of sp³-hybridized carbons (Fsp3) is 0.385. The van der Waals surface area contributed by atoms with Gasteiger partial charge in [0.25, 0.3) is 0 Å². The third kappa shape index (κ3) is 3.33. The van der Waals surface area contributed by atoms with E-state index in [-0.39, 0.29) is 17.4 Å². The molecule has 1 saturated heterocycles. The molecule has 21 heavy (non-hydrogen) atoms. The number of anilines is 1. The molecule has 1 aliphatic rings. The van der Waals surface area contributed by atoms with Crippen LogP contribution in [-0.4, -0.2) is 45.8 Å². The predicted octanol–water partition coefficient (Wildman–Crippen LogP) is 1.95. The van der Waals surface area contributed by atoms with Gasteiger partial charge in [-0.2, -0.15) is 0 Å². The third-order valence-electron chi connectivity index (χ3n) is 3.33. The van der Waals surface area contributed by atoms with E-state index < -0.39 is 30.0 Å². The van der Waals surface area contributed by atoms with Crippen LogP contribution in [0.4, 0.5) is 14.9 Å². The topological polar surface area (TPSA) is 89.9 Å². The number of hydrogen-bond donors (Lipinski definition) is 3. The Morgan fingerprint density at radius 3 is 2.76 bits per heavy atom. The molecule has 2 atom stereocenters. The number of aliphatic carboxylic acids is 1. The van der Waals surface area contributed by atoms with Crippen molar-refractivity contribution in [3.05, 3.63) is 28.0 Å². The van der Waals surface area contributed by atoms with Crippen LogP contribution in [0, 0.1) is 12.7 Å². The number of aliphatic hydroxyl groups excluding tert-OH is 1. The van der Waals surface area contributed by atoms with Crippen LogP contribution in [0.5, 0.6) is 0 Å². The monoisotopic (exact) mass is 360 g/mol. The van der Waals surface area contributed by atoms with Crippen LogP contribution in [0.1, 0.15) is 12.0 Å². The van der Waals surface area contributed by atoms with Crippen molar-refractivity contribution in [2.24, 2.45) is 0 Å². The summed E-state index contributed by atoms with van der Waals surface area (Å²) in [4.78, 5) is 24.3. The molecule has 2 amide bonds. The number of halogens is 2. The average Bonchev–Trinajstić information content (AvgIpc) is 2.78. The summed E-state index contributed by atoms with van der Waals surface area (Å²) in [5.41, 5.74) is 0.884. The summed E-state index contributed by atoms with van der Waals surface area (Å²) in [5.74, 6) is -1.62. The Balaban J connectivity index is 2.18. The highest BCUT2D eigenvalue weighted by atomic mass is 79.9. The van der Waals surface area contributed by atoms with Crippen LogP contribution < -0.4 is 5.32 Å². The number of nitrogens with one attached hydrogen (secondary N) is 1. The van der Waals surface area contributed by atoms with Crippen molar-refractivity contribution in [3.8, 4) is 0 Å². The van der Waals surface area contributed by atoms with E-state index in [4.69, 9.17) is 5.11 Å². The van der Waals surface area contributed by atoms with Crippen LogP contribution in [-0.2, 0) is 4.79 Å². The molecule has 6 nitrogen and oxygen atoms in total. The summed E-state index contributed by atoms with van der Waals surface area (Å²) >= 11 is 3.02. The van der Waals surface area contributed by atoms with Gasteiger partial charge in [0, 0.05) is 18.7 Å². The maximum absolute atomic E-state index is 13.3. The van der Waals surface area contributed by atoms with Gasteiger partial charge in [0.2, 0.25) is 0 Å². The largest absolute Gasteiger partial charge is 0.480 e. The minimum Gasteiger partial charge on any atom is -0.480 e. The number of β-amino-alcohol motifs (C(OH)–C–C–N with tert-alkyl or cyclic N) is 1. The number of aliphatic hydroxyl groups is 1. The summed E-state index contributed by atoms with van der Waals surface area (Å²) in [5, 5.41) is 21.1. The maximum Gasteiger partial charge on any atom is 0.326 e. The molecule has 1 aromatic rings. The van der Waals surface area contributed by atoms with Crippen LogP contribution in [0.3, 0.4) is 0 Å². The number of likely N-dealkylation sites (tertiary alicyclic amines) is 1. The van der Waals surface area contributed by atoms with Gasteiger partial charge in [0.1, 0.15) is 11.9 Å². The zero-order valence-electron chi connectivity index (χ0n) is 11.1. The number of carbonyl (C=O) groups excluding carboxylic acids is 1. The van der Waals surface area contributed by atoms with Gasteiger partial charge < -0.3 is 20.4 Å². The number of carbonyl (C=O) groups is 2. The number of nitrogens with zero attached hydrogens (tertiary/aromatic N) is 1. The average molecular weight is 361 g/mol. The van der Waals surface area contributed by atoms with Gasteiger partial charge in [-0.1, -0.05) is 0 Å². The summed E-state index contributed by atoms with van der Waals surface area (Å²) in [6.07, 6.45) is -0.868. The normalized spacial score (nSPS) is 21.4. The van der Waals surface area contributed by atoms with Crippen molar-refractivity contribution < 1.29 is 24.2 Å². The molecule has 0 unspecified atom stereocenters.